The number of benzene rings is 1. The molecular formula is C10H8BFO3. The molecule has 0 unspecified atom stereocenters. The summed E-state index contributed by atoms with van der Waals surface area (Å²) in [6, 6.07) is 7.10. The second-order valence-electron chi connectivity index (χ2n) is 3.08. The summed E-state index contributed by atoms with van der Waals surface area (Å²) >= 11 is 0. The molecule has 76 valence electrons. The van der Waals surface area contributed by atoms with Crippen molar-refractivity contribution in [2.45, 2.75) is 0 Å². The highest BCUT2D eigenvalue weighted by molar-refractivity contribution is 6.60. The summed E-state index contributed by atoms with van der Waals surface area (Å²) in [5.41, 5.74) is 0.557. The Labute approximate surface area is 85.9 Å². The smallest absolute Gasteiger partial charge is 0.464 e. The summed E-state index contributed by atoms with van der Waals surface area (Å²) in [6.07, 6.45) is 1.46. The second kappa shape index (κ2) is 3.88. The van der Waals surface area contributed by atoms with Crippen molar-refractivity contribution in [2.24, 2.45) is 0 Å². The van der Waals surface area contributed by atoms with E-state index in [4.69, 9.17) is 14.5 Å². The van der Waals surface area contributed by atoms with E-state index in [1.165, 1.54) is 18.4 Å². The number of furan rings is 1. The lowest BCUT2D eigenvalue weighted by molar-refractivity contribution is 0.425. The fourth-order valence-corrected chi connectivity index (χ4v) is 1.40. The maximum Gasteiger partial charge on any atom is 0.489 e. The van der Waals surface area contributed by atoms with Crippen LogP contribution in [-0.2, 0) is 0 Å². The zero-order valence-corrected chi connectivity index (χ0v) is 7.72. The van der Waals surface area contributed by atoms with Crippen molar-refractivity contribution in [1.29, 1.82) is 0 Å². The van der Waals surface area contributed by atoms with Gasteiger partial charge in [0.25, 0.3) is 0 Å². The molecule has 0 radical (unpaired) electrons. The first-order valence-electron chi connectivity index (χ1n) is 4.38. The minimum Gasteiger partial charge on any atom is -0.464 e. The summed E-state index contributed by atoms with van der Waals surface area (Å²) < 4.78 is 18.0. The van der Waals surface area contributed by atoms with Crippen molar-refractivity contribution < 1.29 is 18.9 Å². The van der Waals surface area contributed by atoms with E-state index >= 15 is 0 Å². The summed E-state index contributed by atoms with van der Waals surface area (Å²) in [7, 11) is -1.72. The monoisotopic (exact) mass is 206 g/mol. The normalized spacial score (nSPS) is 10.3. The largest absolute Gasteiger partial charge is 0.489 e. The van der Waals surface area contributed by atoms with Crippen LogP contribution in [0.5, 0.6) is 0 Å². The molecule has 0 saturated carbocycles. The average Bonchev–Trinajstić information content (AvgIpc) is 2.70. The topological polar surface area (TPSA) is 53.6 Å². The Morgan fingerprint density at radius 1 is 1.20 bits per heavy atom. The third-order valence-corrected chi connectivity index (χ3v) is 2.08. The van der Waals surface area contributed by atoms with Gasteiger partial charge in [0.2, 0.25) is 0 Å². The predicted octanol–water partition coefficient (Wildman–Crippen LogP) is 0.765. The van der Waals surface area contributed by atoms with Gasteiger partial charge >= 0.3 is 7.12 Å². The van der Waals surface area contributed by atoms with E-state index in [2.05, 4.69) is 0 Å². The van der Waals surface area contributed by atoms with Crippen LogP contribution >= 0.6 is 0 Å². The van der Waals surface area contributed by atoms with Gasteiger partial charge in [-0.25, -0.2) is 4.39 Å². The molecule has 0 amide bonds. The molecule has 1 aromatic heterocycles. The Hall–Kier alpha value is -1.59. The van der Waals surface area contributed by atoms with Gasteiger partial charge < -0.3 is 14.5 Å². The molecule has 2 rings (SSSR count). The minimum atomic E-state index is -1.72. The molecule has 2 N–H and O–H groups in total. The van der Waals surface area contributed by atoms with Gasteiger partial charge in [-0.15, -0.1) is 0 Å². The Balaban J connectivity index is 2.56. The third-order valence-electron chi connectivity index (χ3n) is 2.08. The van der Waals surface area contributed by atoms with E-state index in [0.29, 0.717) is 11.3 Å². The van der Waals surface area contributed by atoms with Crippen LogP contribution in [0.1, 0.15) is 0 Å². The fraction of sp³-hybridized carbons (Fsp3) is 0. The van der Waals surface area contributed by atoms with Crippen LogP contribution in [0.4, 0.5) is 4.39 Å². The molecule has 0 aliphatic rings. The van der Waals surface area contributed by atoms with Gasteiger partial charge in [0, 0.05) is 5.56 Å². The Kier molecular flexibility index (Phi) is 2.57. The lowest BCUT2D eigenvalue weighted by atomic mass is 9.76. The summed E-state index contributed by atoms with van der Waals surface area (Å²) in [6.45, 7) is 0. The van der Waals surface area contributed by atoms with Crippen LogP contribution in [0.15, 0.2) is 41.0 Å². The summed E-state index contributed by atoms with van der Waals surface area (Å²) in [4.78, 5) is 0. The molecule has 1 heterocycles. The number of hydrogen-bond acceptors (Lipinski definition) is 3. The highest BCUT2D eigenvalue weighted by Crippen LogP contribution is 2.18. The van der Waals surface area contributed by atoms with E-state index in [1.54, 1.807) is 12.1 Å². The van der Waals surface area contributed by atoms with Crippen LogP contribution in [0.25, 0.3) is 11.3 Å². The molecule has 0 saturated heterocycles. The van der Waals surface area contributed by atoms with Crippen molar-refractivity contribution in [1.82, 2.24) is 0 Å². The van der Waals surface area contributed by atoms with Gasteiger partial charge in [0.1, 0.15) is 11.6 Å². The standard InChI is InChI=1S/C10H8BFO3/c12-7-3-4-8(9(6-7)11(13)14)10-2-1-5-15-10/h1-6,13-14H. The Morgan fingerprint density at radius 3 is 2.60 bits per heavy atom. The first kappa shape index (κ1) is 9.95. The molecule has 0 aliphatic carbocycles. The zero-order chi connectivity index (χ0) is 10.8. The first-order chi connectivity index (χ1) is 7.18. The number of rotatable bonds is 2. The lowest BCUT2D eigenvalue weighted by Crippen LogP contribution is -2.31. The van der Waals surface area contributed by atoms with Gasteiger partial charge in [-0.2, -0.15) is 0 Å². The highest BCUT2D eigenvalue weighted by Gasteiger charge is 2.18. The fourth-order valence-electron chi connectivity index (χ4n) is 1.40. The highest BCUT2D eigenvalue weighted by atomic mass is 19.1. The van der Waals surface area contributed by atoms with Crippen molar-refractivity contribution in [2.75, 3.05) is 0 Å². The van der Waals surface area contributed by atoms with Crippen LogP contribution < -0.4 is 5.46 Å². The Bertz CT molecular complexity index is 454. The van der Waals surface area contributed by atoms with Gasteiger partial charge in [0.15, 0.2) is 0 Å². The van der Waals surface area contributed by atoms with E-state index < -0.39 is 12.9 Å². The summed E-state index contributed by atoms with van der Waals surface area (Å²) in [5.74, 6) is -0.0495. The molecule has 0 bridgehead atoms. The molecule has 1 aromatic carbocycles. The maximum atomic E-state index is 12.9. The molecule has 0 aliphatic heterocycles. The van der Waals surface area contributed by atoms with Crippen LogP contribution in [0.3, 0.4) is 0 Å². The Morgan fingerprint density at radius 2 is 2.00 bits per heavy atom. The van der Waals surface area contributed by atoms with Gasteiger partial charge in [-0.05, 0) is 35.8 Å². The van der Waals surface area contributed by atoms with E-state index in [-0.39, 0.29) is 5.46 Å². The van der Waals surface area contributed by atoms with Crippen molar-refractivity contribution in [3.8, 4) is 11.3 Å². The summed E-state index contributed by atoms with van der Waals surface area (Å²) in [5, 5.41) is 18.2. The van der Waals surface area contributed by atoms with Gasteiger partial charge in [0.05, 0.1) is 6.26 Å². The molecule has 3 nitrogen and oxygen atoms in total. The molecule has 5 heteroatoms. The van der Waals surface area contributed by atoms with E-state index in [1.807, 2.05) is 0 Å². The molecule has 2 aromatic rings. The number of hydrogen-bond donors (Lipinski definition) is 2. The SMILES string of the molecule is OB(O)c1cc(F)ccc1-c1ccco1. The van der Waals surface area contributed by atoms with Crippen molar-refractivity contribution in [3.63, 3.8) is 0 Å². The van der Waals surface area contributed by atoms with Crippen LogP contribution in [0.2, 0.25) is 0 Å². The average molecular weight is 206 g/mol. The maximum absolute atomic E-state index is 12.9. The van der Waals surface area contributed by atoms with Crippen LogP contribution in [0, 0.1) is 5.82 Å². The third kappa shape index (κ3) is 1.93. The van der Waals surface area contributed by atoms with Crippen molar-refractivity contribution in [3.05, 3.63) is 42.4 Å². The van der Waals surface area contributed by atoms with Crippen LogP contribution in [-0.4, -0.2) is 17.2 Å². The molecular weight excluding hydrogens is 198 g/mol. The lowest BCUT2D eigenvalue weighted by Gasteiger charge is -2.06. The second-order valence-corrected chi connectivity index (χ2v) is 3.08. The van der Waals surface area contributed by atoms with Gasteiger partial charge in [-0.1, -0.05) is 0 Å². The van der Waals surface area contributed by atoms with Gasteiger partial charge in [-0.3, -0.25) is 0 Å². The quantitative estimate of drug-likeness (QED) is 0.713. The minimum absolute atomic E-state index is 0.0879. The molecule has 0 fully saturated rings. The predicted molar refractivity (Wildman–Crippen MR) is 53.9 cm³/mol. The first-order valence-corrected chi connectivity index (χ1v) is 4.38. The number of halogens is 1. The molecule has 0 atom stereocenters. The van der Waals surface area contributed by atoms with Crippen molar-refractivity contribution >= 4 is 12.6 Å². The van der Waals surface area contributed by atoms with E-state index in [0.717, 1.165) is 6.07 Å². The molecule has 0 spiro atoms. The zero-order valence-electron chi connectivity index (χ0n) is 7.72. The van der Waals surface area contributed by atoms with E-state index in [9.17, 15) is 4.39 Å². The molecule has 15 heavy (non-hydrogen) atoms.